The largest absolute Gasteiger partial charge is 0.494 e. The average molecular weight is 474 g/mol. The smallest absolute Gasteiger partial charge is 0.256 e. The number of amides is 1. The number of hydrogen-bond donors (Lipinski definition) is 1. The van der Waals surface area contributed by atoms with E-state index in [0.29, 0.717) is 12.3 Å². The Morgan fingerprint density at radius 3 is 2.09 bits per heavy atom. The van der Waals surface area contributed by atoms with E-state index in [1.165, 1.54) is 12.8 Å². The molecule has 3 heterocycles. The van der Waals surface area contributed by atoms with Gasteiger partial charge in [-0.05, 0) is 56.9 Å². The van der Waals surface area contributed by atoms with Crippen molar-refractivity contribution in [3.05, 3.63) is 24.3 Å². The Labute approximate surface area is 200 Å². The SMILES string of the molecule is CCOc1ccc(NC(=O)[C@@H]2O[C@@H]3OC4(CCCCC4)O[C@@H]3[C@@H]3OC4(CCCCC4)O[C@H]32)cc1. The van der Waals surface area contributed by atoms with Gasteiger partial charge in [-0.3, -0.25) is 4.79 Å². The summed E-state index contributed by atoms with van der Waals surface area (Å²) in [7, 11) is 0. The summed E-state index contributed by atoms with van der Waals surface area (Å²) in [5.74, 6) is -0.792. The van der Waals surface area contributed by atoms with E-state index >= 15 is 0 Å². The Morgan fingerprint density at radius 2 is 1.44 bits per heavy atom. The first-order chi connectivity index (χ1) is 16.6. The minimum Gasteiger partial charge on any atom is -0.494 e. The van der Waals surface area contributed by atoms with Gasteiger partial charge in [0.05, 0.1) is 6.61 Å². The van der Waals surface area contributed by atoms with E-state index in [4.69, 9.17) is 28.4 Å². The van der Waals surface area contributed by atoms with E-state index in [0.717, 1.165) is 57.1 Å². The lowest BCUT2D eigenvalue weighted by molar-refractivity contribution is -0.246. The molecule has 0 aromatic heterocycles. The Morgan fingerprint density at radius 1 is 0.853 bits per heavy atom. The average Bonchev–Trinajstić information content (AvgIpc) is 3.38. The Balaban J connectivity index is 1.23. The molecule has 1 aromatic rings. The molecule has 2 aliphatic carbocycles. The molecule has 8 heteroatoms. The maximum absolute atomic E-state index is 13.4. The molecule has 1 N–H and O–H groups in total. The van der Waals surface area contributed by atoms with Gasteiger partial charge < -0.3 is 33.7 Å². The van der Waals surface area contributed by atoms with Gasteiger partial charge in [-0.2, -0.15) is 0 Å². The van der Waals surface area contributed by atoms with Crippen LogP contribution in [0.4, 0.5) is 5.69 Å². The molecule has 5 fully saturated rings. The summed E-state index contributed by atoms with van der Waals surface area (Å²) in [6.07, 6.45) is 7.14. The fraction of sp³-hybridized carbons (Fsp3) is 0.731. The van der Waals surface area contributed by atoms with E-state index in [1.54, 1.807) is 0 Å². The first kappa shape index (κ1) is 22.7. The summed E-state index contributed by atoms with van der Waals surface area (Å²) < 4.78 is 37.8. The molecule has 0 bridgehead atoms. The van der Waals surface area contributed by atoms with E-state index < -0.39 is 36.2 Å². The molecule has 1 amide bonds. The van der Waals surface area contributed by atoms with Crippen LogP contribution >= 0.6 is 0 Å². The molecule has 5 atom stereocenters. The fourth-order valence-corrected chi connectivity index (χ4v) is 6.18. The van der Waals surface area contributed by atoms with E-state index in [2.05, 4.69) is 5.32 Å². The summed E-state index contributed by atoms with van der Waals surface area (Å²) >= 11 is 0. The lowest BCUT2D eigenvalue weighted by atomic mass is 9.94. The van der Waals surface area contributed by atoms with Crippen molar-refractivity contribution in [3.8, 4) is 5.75 Å². The van der Waals surface area contributed by atoms with Crippen molar-refractivity contribution in [2.45, 2.75) is 113 Å². The van der Waals surface area contributed by atoms with E-state index in [1.807, 2.05) is 31.2 Å². The fourth-order valence-electron chi connectivity index (χ4n) is 6.18. The lowest BCUT2D eigenvalue weighted by Crippen LogP contribution is -2.58. The normalized spacial score (nSPS) is 35.6. The van der Waals surface area contributed by atoms with Crippen molar-refractivity contribution in [2.24, 2.45) is 0 Å². The number of anilines is 1. The summed E-state index contributed by atoms with van der Waals surface area (Å²) in [4.78, 5) is 13.4. The quantitative estimate of drug-likeness (QED) is 0.699. The Bertz CT molecular complexity index is 878. The van der Waals surface area contributed by atoms with Gasteiger partial charge in [0, 0.05) is 31.4 Å². The second-order valence-electron chi connectivity index (χ2n) is 10.2. The number of fused-ring (bicyclic) bond motifs is 3. The van der Waals surface area contributed by atoms with Gasteiger partial charge in [0.2, 0.25) is 0 Å². The molecule has 8 nitrogen and oxygen atoms in total. The molecule has 2 saturated carbocycles. The van der Waals surface area contributed by atoms with Crippen LogP contribution in [0.3, 0.4) is 0 Å². The molecule has 1 aromatic carbocycles. The highest BCUT2D eigenvalue weighted by Crippen LogP contribution is 2.51. The Kier molecular flexibility index (Phi) is 6.06. The van der Waals surface area contributed by atoms with Crippen LogP contribution in [0.25, 0.3) is 0 Å². The summed E-state index contributed by atoms with van der Waals surface area (Å²) in [6.45, 7) is 2.53. The highest BCUT2D eigenvalue weighted by molar-refractivity contribution is 5.94. The first-order valence-corrected chi connectivity index (χ1v) is 13.0. The van der Waals surface area contributed by atoms with Crippen LogP contribution in [0, 0.1) is 0 Å². The van der Waals surface area contributed by atoms with Gasteiger partial charge in [0.25, 0.3) is 5.91 Å². The maximum atomic E-state index is 13.4. The molecule has 3 aliphatic heterocycles. The standard InChI is InChI=1S/C26H35NO7/c1-2-29-18-11-9-17(10-12-18)27-23(28)21-19-20(32-25(31-19)13-5-3-6-14-25)22-24(30-21)34-26(33-22)15-7-4-8-16-26/h9-12,19-22,24H,2-8,13-16H2,1H3,(H,27,28)/t19-,20-,21-,22-,24-/m1/s1. The number of carbonyl (C=O) groups excluding carboxylic acids is 1. The highest BCUT2D eigenvalue weighted by atomic mass is 16.9. The van der Waals surface area contributed by atoms with Crippen molar-refractivity contribution in [2.75, 3.05) is 11.9 Å². The predicted octanol–water partition coefficient (Wildman–Crippen LogP) is 4.27. The third-order valence-corrected chi connectivity index (χ3v) is 7.80. The van der Waals surface area contributed by atoms with Crippen LogP contribution in [-0.4, -0.2) is 54.8 Å². The van der Waals surface area contributed by atoms with Crippen molar-refractivity contribution in [1.82, 2.24) is 0 Å². The number of hydrogen-bond acceptors (Lipinski definition) is 7. The second kappa shape index (κ2) is 9.06. The zero-order chi connectivity index (χ0) is 23.2. The summed E-state index contributed by atoms with van der Waals surface area (Å²) in [5, 5.41) is 2.98. The molecule has 6 rings (SSSR count). The molecule has 0 radical (unpaired) electrons. The summed E-state index contributed by atoms with van der Waals surface area (Å²) in [6, 6.07) is 7.33. The van der Waals surface area contributed by atoms with Crippen LogP contribution in [0.2, 0.25) is 0 Å². The molecule has 186 valence electrons. The minimum absolute atomic E-state index is 0.262. The highest BCUT2D eigenvalue weighted by Gasteiger charge is 2.65. The molecule has 0 unspecified atom stereocenters. The van der Waals surface area contributed by atoms with Gasteiger partial charge in [-0.25, -0.2) is 0 Å². The summed E-state index contributed by atoms with van der Waals surface area (Å²) in [5.41, 5.74) is 0.675. The predicted molar refractivity (Wildman–Crippen MR) is 122 cm³/mol. The minimum atomic E-state index is -0.846. The van der Waals surface area contributed by atoms with Crippen LogP contribution in [0.5, 0.6) is 5.75 Å². The molecular weight excluding hydrogens is 438 g/mol. The first-order valence-electron chi connectivity index (χ1n) is 13.0. The molecular formula is C26H35NO7. The van der Waals surface area contributed by atoms with Crippen LogP contribution in [-0.2, 0) is 28.5 Å². The van der Waals surface area contributed by atoms with E-state index in [9.17, 15) is 4.79 Å². The van der Waals surface area contributed by atoms with Gasteiger partial charge >= 0.3 is 0 Å². The molecule has 2 spiro atoms. The number of nitrogens with one attached hydrogen (secondary N) is 1. The van der Waals surface area contributed by atoms with Crippen molar-refractivity contribution < 1.29 is 33.2 Å². The van der Waals surface area contributed by atoms with Crippen LogP contribution in [0.15, 0.2) is 24.3 Å². The monoisotopic (exact) mass is 473 g/mol. The Hall–Kier alpha value is -1.71. The van der Waals surface area contributed by atoms with Crippen molar-refractivity contribution in [3.63, 3.8) is 0 Å². The molecule has 34 heavy (non-hydrogen) atoms. The number of ether oxygens (including phenoxy) is 6. The second-order valence-corrected chi connectivity index (χ2v) is 10.2. The zero-order valence-electron chi connectivity index (χ0n) is 19.8. The van der Waals surface area contributed by atoms with Gasteiger partial charge in [0.1, 0.15) is 24.1 Å². The van der Waals surface area contributed by atoms with E-state index in [-0.39, 0.29) is 12.0 Å². The number of rotatable bonds is 4. The number of carbonyl (C=O) groups is 1. The van der Waals surface area contributed by atoms with Gasteiger partial charge in [0.15, 0.2) is 24.0 Å². The van der Waals surface area contributed by atoms with Crippen molar-refractivity contribution in [1.29, 1.82) is 0 Å². The lowest BCUT2D eigenvalue weighted by Gasteiger charge is -2.36. The van der Waals surface area contributed by atoms with Gasteiger partial charge in [-0.15, -0.1) is 0 Å². The maximum Gasteiger partial charge on any atom is 0.256 e. The van der Waals surface area contributed by atoms with Gasteiger partial charge in [-0.1, -0.05) is 12.8 Å². The number of benzene rings is 1. The van der Waals surface area contributed by atoms with Crippen LogP contribution in [0.1, 0.15) is 71.1 Å². The van der Waals surface area contributed by atoms with Crippen molar-refractivity contribution >= 4 is 11.6 Å². The van der Waals surface area contributed by atoms with Crippen LogP contribution < -0.4 is 10.1 Å². The zero-order valence-corrected chi connectivity index (χ0v) is 19.8. The molecule has 3 saturated heterocycles. The topological polar surface area (TPSA) is 84.5 Å². The molecule has 5 aliphatic rings. The third-order valence-electron chi connectivity index (χ3n) is 7.80. The third kappa shape index (κ3) is 4.13.